The molecule has 0 bridgehead atoms. The van der Waals surface area contributed by atoms with Crippen molar-refractivity contribution in [2.45, 2.75) is 19.1 Å². The summed E-state index contributed by atoms with van der Waals surface area (Å²) in [5.41, 5.74) is 3.68. The molecule has 0 aromatic heterocycles. The quantitative estimate of drug-likeness (QED) is 0.289. The standard InChI is InChI=1S/C27H29ClN4O6/c1-37-25-5-3-2-4-24(25)30-26(35)29-19-7-6-18-14-32(11-10-17(18)12-19)27(36)31-23-9-8-21(13-22(23)28)38-16-20(34)15-33/h2-9,12-13,20,33-34H,10-11,14-16H2,1H3,(H,31,36)(H2,29,30,35). The van der Waals surface area contributed by atoms with Gasteiger partial charge < -0.3 is 40.5 Å². The molecule has 4 amide bonds. The molecule has 0 saturated carbocycles. The van der Waals surface area contributed by atoms with Gasteiger partial charge in [0.05, 0.1) is 30.1 Å². The second-order valence-electron chi connectivity index (χ2n) is 8.65. The molecular formula is C27H29ClN4O6. The van der Waals surface area contributed by atoms with Gasteiger partial charge in [-0.1, -0.05) is 29.8 Å². The highest BCUT2D eigenvalue weighted by Gasteiger charge is 2.22. The van der Waals surface area contributed by atoms with Crippen molar-refractivity contribution < 1.29 is 29.3 Å². The van der Waals surface area contributed by atoms with E-state index in [1.165, 1.54) is 6.07 Å². The summed E-state index contributed by atoms with van der Waals surface area (Å²) in [6.07, 6.45) is -0.363. The molecule has 1 aliphatic heterocycles. The number of carbonyl (C=O) groups excluding carboxylic acids is 2. The average molecular weight is 541 g/mol. The normalized spacial score (nSPS) is 13.2. The van der Waals surface area contributed by atoms with Crippen LogP contribution >= 0.6 is 11.6 Å². The van der Waals surface area contributed by atoms with Crippen molar-refractivity contribution in [3.8, 4) is 11.5 Å². The molecule has 3 aromatic rings. The monoisotopic (exact) mass is 540 g/mol. The number of fused-ring (bicyclic) bond motifs is 1. The molecule has 200 valence electrons. The van der Waals surface area contributed by atoms with E-state index < -0.39 is 12.7 Å². The third-order valence-electron chi connectivity index (χ3n) is 5.95. The number of aliphatic hydroxyl groups excluding tert-OH is 2. The average Bonchev–Trinajstić information content (AvgIpc) is 2.92. The predicted octanol–water partition coefficient (Wildman–Crippen LogP) is 4.31. The lowest BCUT2D eigenvalue weighted by atomic mass is 9.99. The van der Waals surface area contributed by atoms with E-state index in [1.807, 2.05) is 24.3 Å². The molecule has 4 rings (SSSR count). The number of hydrogen-bond donors (Lipinski definition) is 5. The highest BCUT2D eigenvalue weighted by molar-refractivity contribution is 6.33. The van der Waals surface area contributed by atoms with Crippen LogP contribution in [0, 0.1) is 0 Å². The van der Waals surface area contributed by atoms with E-state index in [0.29, 0.717) is 48.1 Å². The summed E-state index contributed by atoms with van der Waals surface area (Å²) in [6, 6.07) is 16.9. The first-order valence-electron chi connectivity index (χ1n) is 12.0. The van der Waals surface area contributed by atoms with Gasteiger partial charge in [0.2, 0.25) is 0 Å². The molecule has 1 atom stereocenters. The third kappa shape index (κ3) is 6.86. The number of aliphatic hydroxyl groups is 2. The summed E-state index contributed by atoms with van der Waals surface area (Å²) in [5, 5.41) is 27.0. The fourth-order valence-electron chi connectivity index (χ4n) is 3.96. The van der Waals surface area contributed by atoms with Gasteiger partial charge in [-0.15, -0.1) is 0 Å². The molecule has 0 saturated heterocycles. The minimum absolute atomic E-state index is 0.0740. The van der Waals surface area contributed by atoms with Crippen LogP contribution in [0.4, 0.5) is 26.7 Å². The van der Waals surface area contributed by atoms with Crippen LogP contribution in [0.3, 0.4) is 0 Å². The lowest BCUT2D eigenvalue weighted by Gasteiger charge is -2.29. The van der Waals surface area contributed by atoms with Gasteiger partial charge in [0.15, 0.2) is 0 Å². The van der Waals surface area contributed by atoms with Gasteiger partial charge in [0, 0.05) is 24.8 Å². The molecule has 3 aromatic carbocycles. The number of amides is 4. The van der Waals surface area contributed by atoms with Crippen molar-refractivity contribution in [2.75, 3.05) is 42.8 Å². The van der Waals surface area contributed by atoms with E-state index in [-0.39, 0.29) is 23.7 Å². The molecule has 0 aliphatic carbocycles. The number of urea groups is 2. The Hall–Kier alpha value is -3.99. The summed E-state index contributed by atoms with van der Waals surface area (Å²) in [7, 11) is 1.54. The topological polar surface area (TPSA) is 132 Å². The maximum atomic E-state index is 12.9. The molecule has 0 fully saturated rings. The van der Waals surface area contributed by atoms with Crippen LogP contribution in [0.5, 0.6) is 11.5 Å². The Morgan fingerprint density at radius 2 is 1.84 bits per heavy atom. The second-order valence-corrected chi connectivity index (χ2v) is 9.06. The first-order valence-corrected chi connectivity index (χ1v) is 12.3. The van der Waals surface area contributed by atoms with E-state index >= 15 is 0 Å². The van der Waals surface area contributed by atoms with E-state index in [4.69, 9.17) is 26.2 Å². The van der Waals surface area contributed by atoms with Crippen molar-refractivity contribution in [1.29, 1.82) is 0 Å². The number of methoxy groups -OCH3 is 1. The first kappa shape index (κ1) is 27.1. The number of benzene rings is 3. The number of nitrogens with one attached hydrogen (secondary N) is 3. The lowest BCUT2D eigenvalue weighted by Crippen LogP contribution is -2.39. The molecule has 38 heavy (non-hydrogen) atoms. The number of hydrogen-bond acceptors (Lipinski definition) is 6. The fourth-order valence-corrected chi connectivity index (χ4v) is 4.18. The smallest absolute Gasteiger partial charge is 0.323 e. The van der Waals surface area contributed by atoms with E-state index in [9.17, 15) is 14.7 Å². The zero-order chi connectivity index (χ0) is 27.1. The minimum atomic E-state index is -0.988. The SMILES string of the molecule is COc1ccccc1NC(=O)Nc1ccc2c(c1)CCN(C(=O)Nc1ccc(OCC(O)CO)cc1Cl)C2. The van der Waals surface area contributed by atoms with Gasteiger partial charge in [0.1, 0.15) is 24.2 Å². The highest BCUT2D eigenvalue weighted by atomic mass is 35.5. The Morgan fingerprint density at radius 1 is 1.03 bits per heavy atom. The zero-order valence-electron chi connectivity index (χ0n) is 20.7. The van der Waals surface area contributed by atoms with E-state index in [0.717, 1.165) is 11.1 Å². The van der Waals surface area contributed by atoms with Crippen LogP contribution in [0.25, 0.3) is 0 Å². The van der Waals surface area contributed by atoms with Crippen LogP contribution in [0.1, 0.15) is 11.1 Å². The van der Waals surface area contributed by atoms with Crippen molar-refractivity contribution in [2.24, 2.45) is 0 Å². The summed E-state index contributed by atoms with van der Waals surface area (Å²) >= 11 is 6.30. The van der Waals surface area contributed by atoms with Crippen molar-refractivity contribution in [3.63, 3.8) is 0 Å². The van der Waals surface area contributed by atoms with Gasteiger partial charge >= 0.3 is 12.1 Å². The van der Waals surface area contributed by atoms with E-state index in [1.54, 1.807) is 42.3 Å². The largest absolute Gasteiger partial charge is 0.495 e. The highest BCUT2D eigenvalue weighted by Crippen LogP contribution is 2.29. The van der Waals surface area contributed by atoms with Crippen LogP contribution < -0.4 is 25.4 Å². The molecule has 11 heteroatoms. The zero-order valence-corrected chi connectivity index (χ0v) is 21.5. The second kappa shape index (κ2) is 12.5. The molecule has 0 radical (unpaired) electrons. The Bertz CT molecular complexity index is 1300. The molecule has 1 heterocycles. The molecule has 1 unspecified atom stereocenters. The maximum Gasteiger partial charge on any atom is 0.323 e. The van der Waals surface area contributed by atoms with Gasteiger partial charge in [-0.05, 0) is 53.9 Å². The number of anilines is 3. The van der Waals surface area contributed by atoms with Gasteiger partial charge in [-0.3, -0.25) is 0 Å². The molecule has 0 spiro atoms. The van der Waals surface area contributed by atoms with Crippen LogP contribution in [-0.4, -0.2) is 60.1 Å². The number of ether oxygens (including phenoxy) is 2. The lowest BCUT2D eigenvalue weighted by molar-refractivity contribution is 0.0536. The van der Waals surface area contributed by atoms with Crippen LogP contribution in [-0.2, 0) is 13.0 Å². The Balaban J connectivity index is 1.33. The molecule has 10 nitrogen and oxygen atoms in total. The first-order chi connectivity index (χ1) is 18.4. The number of rotatable bonds is 8. The number of halogens is 1. The maximum absolute atomic E-state index is 12.9. The molecule has 1 aliphatic rings. The predicted molar refractivity (Wildman–Crippen MR) is 145 cm³/mol. The Labute approximate surface area is 225 Å². The summed E-state index contributed by atoms with van der Waals surface area (Å²) < 4.78 is 10.6. The third-order valence-corrected chi connectivity index (χ3v) is 6.27. The van der Waals surface area contributed by atoms with Gasteiger partial charge in [-0.25, -0.2) is 9.59 Å². The Morgan fingerprint density at radius 3 is 2.61 bits per heavy atom. The molecular weight excluding hydrogens is 512 g/mol. The fraction of sp³-hybridized carbons (Fsp3) is 0.259. The summed E-state index contributed by atoms with van der Waals surface area (Å²) in [6.45, 7) is 0.424. The Kier molecular flexibility index (Phi) is 8.90. The van der Waals surface area contributed by atoms with E-state index in [2.05, 4.69) is 16.0 Å². The number of para-hydroxylation sites is 2. The van der Waals surface area contributed by atoms with Gasteiger partial charge in [-0.2, -0.15) is 0 Å². The number of carbonyl (C=O) groups is 2. The van der Waals surface area contributed by atoms with Crippen molar-refractivity contribution in [1.82, 2.24) is 4.90 Å². The summed E-state index contributed by atoms with van der Waals surface area (Å²) in [5.74, 6) is 0.975. The molecule has 5 N–H and O–H groups in total. The minimum Gasteiger partial charge on any atom is -0.495 e. The van der Waals surface area contributed by atoms with Crippen LogP contribution in [0.2, 0.25) is 5.02 Å². The summed E-state index contributed by atoms with van der Waals surface area (Å²) in [4.78, 5) is 27.1. The van der Waals surface area contributed by atoms with Crippen molar-refractivity contribution in [3.05, 3.63) is 76.8 Å². The van der Waals surface area contributed by atoms with Crippen molar-refractivity contribution >= 4 is 40.7 Å². The number of nitrogens with zero attached hydrogens (tertiary/aromatic N) is 1. The van der Waals surface area contributed by atoms with Gasteiger partial charge in [0.25, 0.3) is 0 Å². The van der Waals surface area contributed by atoms with Crippen LogP contribution in [0.15, 0.2) is 60.7 Å².